The molecule has 0 radical (unpaired) electrons. The number of amides is 2. The van der Waals surface area contributed by atoms with Crippen LogP contribution in [-0.2, 0) is 13.0 Å². The summed E-state index contributed by atoms with van der Waals surface area (Å²) in [5.74, 6) is 0.000467. The van der Waals surface area contributed by atoms with E-state index in [0.29, 0.717) is 18.2 Å². The Morgan fingerprint density at radius 1 is 1.50 bits per heavy atom. The van der Waals surface area contributed by atoms with Gasteiger partial charge in [-0.3, -0.25) is 0 Å². The van der Waals surface area contributed by atoms with Crippen molar-refractivity contribution < 1.29 is 4.79 Å². The lowest BCUT2D eigenvalue weighted by molar-refractivity contribution is 0.190. The molecule has 0 fully saturated rings. The number of nitrogens with one attached hydrogen (secondary N) is 1. The Kier molecular flexibility index (Phi) is 5.58. The van der Waals surface area contributed by atoms with E-state index >= 15 is 0 Å². The summed E-state index contributed by atoms with van der Waals surface area (Å²) in [6.07, 6.45) is 0.733. The highest BCUT2D eigenvalue weighted by Crippen LogP contribution is 2.29. The first kappa shape index (κ1) is 16.5. The predicted molar refractivity (Wildman–Crippen MR) is 82.6 cm³/mol. The van der Waals surface area contributed by atoms with Crippen molar-refractivity contribution in [1.29, 1.82) is 0 Å². The van der Waals surface area contributed by atoms with E-state index in [1.807, 2.05) is 13.8 Å². The molecule has 0 unspecified atom stereocenters. The summed E-state index contributed by atoms with van der Waals surface area (Å²) in [5.41, 5.74) is 11.6. The highest BCUT2D eigenvalue weighted by molar-refractivity contribution is 7.15. The van der Waals surface area contributed by atoms with Crippen LogP contribution in [0.25, 0.3) is 0 Å². The first-order chi connectivity index (χ1) is 8.95. The maximum atomic E-state index is 11.9. The predicted octanol–water partition coefficient (Wildman–Crippen LogP) is 0.946. The van der Waals surface area contributed by atoms with E-state index in [1.54, 1.807) is 4.90 Å². The molecule has 1 aliphatic heterocycles. The molecule has 20 heavy (non-hydrogen) atoms. The lowest BCUT2D eigenvalue weighted by atomic mass is 10.2. The van der Waals surface area contributed by atoms with Crippen LogP contribution >= 0.6 is 23.7 Å². The lowest BCUT2D eigenvalue weighted by Crippen LogP contribution is -2.44. The number of fused-ring (bicyclic) bond motifs is 1. The van der Waals surface area contributed by atoms with Crippen molar-refractivity contribution in [1.82, 2.24) is 15.2 Å². The van der Waals surface area contributed by atoms with E-state index in [4.69, 9.17) is 11.5 Å². The third kappa shape index (κ3) is 3.97. The van der Waals surface area contributed by atoms with Gasteiger partial charge in [0.2, 0.25) is 5.13 Å². The number of urea groups is 1. The van der Waals surface area contributed by atoms with E-state index in [9.17, 15) is 4.79 Å². The number of rotatable bonds is 2. The zero-order valence-corrected chi connectivity index (χ0v) is 13.1. The van der Waals surface area contributed by atoms with Gasteiger partial charge in [-0.25, -0.2) is 9.78 Å². The molecule has 2 rings (SSSR count). The van der Waals surface area contributed by atoms with Gasteiger partial charge >= 0.3 is 6.03 Å². The molecule has 2 amide bonds. The van der Waals surface area contributed by atoms with E-state index in [-0.39, 0.29) is 30.4 Å². The molecule has 5 N–H and O–H groups in total. The highest BCUT2D eigenvalue weighted by Gasteiger charge is 2.24. The first-order valence-corrected chi connectivity index (χ1v) is 6.91. The van der Waals surface area contributed by atoms with Gasteiger partial charge < -0.3 is 21.7 Å². The minimum Gasteiger partial charge on any atom is -0.370 e. The van der Waals surface area contributed by atoms with Gasteiger partial charge in [-0.05, 0) is 13.8 Å². The first-order valence-electron chi connectivity index (χ1n) is 6.09. The number of nitrogens with two attached hydrogens (primary N) is 2. The van der Waals surface area contributed by atoms with Crippen molar-refractivity contribution in [3.05, 3.63) is 10.6 Å². The van der Waals surface area contributed by atoms with Gasteiger partial charge in [-0.15, -0.1) is 12.4 Å². The molecular formula is C11H19ClN6OS. The van der Waals surface area contributed by atoms with Crippen molar-refractivity contribution in [2.75, 3.05) is 6.54 Å². The second kappa shape index (κ2) is 6.76. The Morgan fingerprint density at radius 2 is 2.20 bits per heavy atom. The number of thiazole rings is 1. The number of aliphatic imine (C=N–C) groups is 1. The fraction of sp³-hybridized carbons (Fsp3) is 0.545. The van der Waals surface area contributed by atoms with Crippen molar-refractivity contribution in [2.45, 2.75) is 32.9 Å². The lowest BCUT2D eigenvalue weighted by Gasteiger charge is -2.27. The fourth-order valence-electron chi connectivity index (χ4n) is 1.85. The standard InChI is InChI=1S/C11H18N6OS.ClH/c1-6(2)14-11(18)17-4-3-7-8(5-17)19-10(15-7)16-9(12)13;/h6H,3-5H2,1-2H3,(H,14,18)(H4,12,13,15,16);1H. The minimum atomic E-state index is -0.0440. The molecule has 0 saturated carbocycles. The zero-order valence-electron chi connectivity index (χ0n) is 11.4. The molecule has 0 saturated heterocycles. The van der Waals surface area contributed by atoms with Crippen LogP contribution < -0.4 is 16.8 Å². The average molecular weight is 319 g/mol. The SMILES string of the molecule is CC(C)NC(=O)N1CCc2nc(N=C(N)N)sc2C1.Cl. The van der Waals surface area contributed by atoms with E-state index in [0.717, 1.165) is 17.0 Å². The van der Waals surface area contributed by atoms with Crippen molar-refractivity contribution >= 4 is 40.9 Å². The third-order valence-corrected chi connectivity index (χ3v) is 3.62. The summed E-state index contributed by atoms with van der Waals surface area (Å²) >= 11 is 1.42. The van der Waals surface area contributed by atoms with E-state index in [1.165, 1.54) is 11.3 Å². The molecule has 7 nitrogen and oxygen atoms in total. The molecular weight excluding hydrogens is 300 g/mol. The summed E-state index contributed by atoms with van der Waals surface area (Å²) in [6, 6.07) is 0.0880. The van der Waals surface area contributed by atoms with Gasteiger partial charge in [0.05, 0.1) is 12.2 Å². The third-order valence-electron chi connectivity index (χ3n) is 2.64. The van der Waals surface area contributed by atoms with Crippen LogP contribution in [0.4, 0.5) is 9.93 Å². The van der Waals surface area contributed by atoms with Crippen LogP contribution in [0.1, 0.15) is 24.4 Å². The topological polar surface area (TPSA) is 110 Å². The zero-order chi connectivity index (χ0) is 14.0. The molecule has 112 valence electrons. The summed E-state index contributed by atoms with van der Waals surface area (Å²) in [6.45, 7) is 5.11. The Morgan fingerprint density at radius 3 is 2.80 bits per heavy atom. The summed E-state index contributed by atoms with van der Waals surface area (Å²) in [5, 5.41) is 3.44. The maximum absolute atomic E-state index is 11.9. The largest absolute Gasteiger partial charge is 0.370 e. The average Bonchev–Trinajstić information content (AvgIpc) is 2.67. The van der Waals surface area contributed by atoms with Gasteiger partial charge in [0, 0.05) is 23.9 Å². The molecule has 0 aromatic carbocycles. The van der Waals surface area contributed by atoms with Gasteiger partial charge in [0.15, 0.2) is 5.96 Å². The number of carbonyl (C=O) groups is 1. The van der Waals surface area contributed by atoms with Crippen LogP contribution in [0, 0.1) is 0 Å². The van der Waals surface area contributed by atoms with Crippen LogP contribution in [0.15, 0.2) is 4.99 Å². The van der Waals surface area contributed by atoms with Crippen molar-refractivity contribution in [3.63, 3.8) is 0 Å². The smallest absolute Gasteiger partial charge is 0.317 e. The van der Waals surface area contributed by atoms with Gasteiger partial charge in [0.25, 0.3) is 0 Å². The molecule has 1 aromatic heterocycles. The molecule has 0 atom stereocenters. The summed E-state index contributed by atoms with van der Waals surface area (Å²) in [7, 11) is 0. The number of hydrogen-bond acceptors (Lipinski definition) is 4. The van der Waals surface area contributed by atoms with Crippen LogP contribution in [-0.4, -0.2) is 34.5 Å². The van der Waals surface area contributed by atoms with E-state index in [2.05, 4.69) is 15.3 Å². The van der Waals surface area contributed by atoms with Gasteiger partial charge in [-0.2, -0.15) is 4.99 Å². The quantitative estimate of drug-likeness (QED) is 0.557. The Bertz CT molecular complexity index is 511. The second-order valence-corrected chi connectivity index (χ2v) is 5.74. The molecule has 0 bridgehead atoms. The van der Waals surface area contributed by atoms with Crippen molar-refractivity contribution in [3.8, 4) is 0 Å². The molecule has 0 aliphatic carbocycles. The number of nitrogens with zero attached hydrogens (tertiary/aromatic N) is 3. The summed E-state index contributed by atoms with van der Waals surface area (Å²) in [4.78, 5) is 23.1. The highest BCUT2D eigenvalue weighted by atomic mass is 35.5. The Hall–Kier alpha value is -1.54. The number of guanidine groups is 1. The van der Waals surface area contributed by atoms with Crippen LogP contribution in [0.5, 0.6) is 0 Å². The molecule has 1 aliphatic rings. The minimum absolute atomic E-state index is 0. The number of halogens is 1. The number of carbonyl (C=O) groups excluding carboxylic acids is 1. The fourth-order valence-corrected chi connectivity index (χ4v) is 2.86. The van der Waals surface area contributed by atoms with Gasteiger partial charge in [-0.1, -0.05) is 11.3 Å². The second-order valence-electron chi connectivity index (χ2n) is 4.68. The Balaban J connectivity index is 0.00000200. The van der Waals surface area contributed by atoms with E-state index < -0.39 is 0 Å². The normalized spacial score (nSPS) is 13.4. The van der Waals surface area contributed by atoms with Crippen molar-refractivity contribution in [2.24, 2.45) is 16.5 Å². The monoisotopic (exact) mass is 318 g/mol. The maximum Gasteiger partial charge on any atom is 0.317 e. The van der Waals surface area contributed by atoms with Gasteiger partial charge in [0.1, 0.15) is 0 Å². The summed E-state index contributed by atoms with van der Waals surface area (Å²) < 4.78 is 0. The molecule has 2 heterocycles. The molecule has 1 aromatic rings. The van der Waals surface area contributed by atoms with Crippen LogP contribution in [0.3, 0.4) is 0 Å². The number of hydrogen-bond donors (Lipinski definition) is 3. The van der Waals surface area contributed by atoms with Crippen LogP contribution in [0.2, 0.25) is 0 Å². The molecule has 0 spiro atoms. The molecule has 9 heteroatoms. The number of aromatic nitrogens is 1. The Labute approximate surface area is 127 Å².